The fourth-order valence-electron chi connectivity index (χ4n) is 4.32. The molecule has 3 N–H and O–H groups in total. The van der Waals surface area contributed by atoms with Crippen LogP contribution in [0.3, 0.4) is 0 Å². The van der Waals surface area contributed by atoms with Crippen molar-refractivity contribution in [2.75, 3.05) is 18.0 Å². The highest BCUT2D eigenvalue weighted by Gasteiger charge is 2.45. The van der Waals surface area contributed by atoms with Gasteiger partial charge in [0.1, 0.15) is 24.6 Å². The summed E-state index contributed by atoms with van der Waals surface area (Å²) >= 11 is 0. The van der Waals surface area contributed by atoms with Crippen molar-refractivity contribution in [1.29, 1.82) is 0 Å². The van der Waals surface area contributed by atoms with Crippen LogP contribution in [0.4, 0.5) is 10.1 Å². The Morgan fingerprint density at radius 2 is 1.71 bits per heavy atom. The molecule has 1 aromatic carbocycles. The van der Waals surface area contributed by atoms with Crippen molar-refractivity contribution in [3.63, 3.8) is 0 Å². The van der Waals surface area contributed by atoms with Crippen molar-refractivity contribution >= 4 is 23.8 Å². The molecule has 3 unspecified atom stereocenters. The number of hydrogen-bond donors (Lipinski definition) is 3. The summed E-state index contributed by atoms with van der Waals surface area (Å²) in [6.45, 7) is 1.04. The zero-order valence-corrected chi connectivity index (χ0v) is 15.2. The molecule has 3 aliphatic heterocycles. The van der Waals surface area contributed by atoms with Gasteiger partial charge in [-0.15, -0.1) is 0 Å². The first-order valence-electron chi connectivity index (χ1n) is 9.41. The van der Waals surface area contributed by atoms with Gasteiger partial charge in [-0.05, 0) is 31.4 Å². The van der Waals surface area contributed by atoms with Crippen molar-refractivity contribution in [2.45, 2.75) is 44.2 Å². The van der Waals surface area contributed by atoms with Gasteiger partial charge in [0.25, 0.3) is 0 Å². The molecular formula is C19H22FN3O5. The maximum atomic E-state index is 14.8. The predicted molar refractivity (Wildman–Crippen MR) is 95.3 cm³/mol. The molecule has 9 heteroatoms. The number of aliphatic hydroxyl groups is 2. The fraction of sp³-hybridized carbons (Fsp3) is 0.526. The van der Waals surface area contributed by atoms with E-state index < -0.39 is 36.1 Å². The summed E-state index contributed by atoms with van der Waals surface area (Å²) in [7, 11) is 0. The first kappa shape index (κ1) is 19.0. The molecule has 0 aliphatic carbocycles. The van der Waals surface area contributed by atoms with E-state index >= 15 is 0 Å². The fourth-order valence-corrected chi connectivity index (χ4v) is 4.32. The second-order valence-corrected chi connectivity index (χ2v) is 7.55. The number of aliphatic hydroxyl groups excluding tert-OH is 2. The van der Waals surface area contributed by atoms with Gasteiger partial charge in [-0.3, -0.25) is 14.9 Å². The summed E-state index contributed by atoms with van der Waals surface area (Å²) < 4.78 is 14.8. The van der Waals surface area contributed by atoms with Gasteiger partial charge in [0.15, 0.2) is 0 Å². The van der Waals surface area contributed by atoms with Gasteiger partial charge in [-0.2, -0.15) is 0 Å². The van der Waals surface area contributed by atoms with Crippen LogP contribution in [-0.4, -0.2) is 52.3 Å². The molecule has 3 heterocycles. The van der Waals surface area contributed by atoms with Crippen LogP contribution in [0.2, 0.25) is 0 Å². The van der Waals surface area contributed by atoms with Crippen molar-refractivity contribution < 1.29 is 29.0 Å². The van der Waals surface area contributed by atoms with Crippen LogP contribution in [0, 0.1) is 11.7 Å². The number of nitrogens with zero attached hydrogens (tertiary/aromatic N) is 2. The van der Waals surface area contributed by atoms with E-state index in [4.69, 9.17) is 0 Å². The lowest BCUT2D eigenvalue weighted by molar-refractivity contribution is -0.154. The highest BCUT2D eigenvalue weighted by atomic mass is 19.1. The Hall–Kier alpha value is -2.36. The van der Waals surface area contributed by atoms with Crippen molar-refractivity contribution in [1.82, 2.24) is 10.2 Å². The van der Waals surface area contributed by atoms with E-state index in [1.807, 2.05) is 4.90 Å². The van der Waals surface area contributed by atoms with E-state index in [1.165, 1.54) is 17.0 Å². The third-order valence-corrected chi connectivity index (χ3v) is 5.92. The minimum Gasteiger partial charge on any atom is -0.374 e. The van der Waals surface area contributed by atoms with Gasteiger partial charge in [0.2, 0.25) is 11.8 Å². The van der Waals surface area contributed by atoms with Crippen LogP contribution < -0.4 is 10.2 Å². The molecule has 28 heavy (non-hydrogen) atoms. The number of carbonyl (C=O) groups is 3. The SMILES string of the molecule is O=CC1CCN(c2cc3c(cc2F)C(O)N(C2CCC(=O)NC2=O)C3O)CC1. The van der Waals surface area contributed by atoms with E-state index in [-0.39, 0.29) is 24.3 Å². The normalized spacial score (nSPS) is 29.0. The number of anilines is 1. The zero-order valence-electron chi connectivity index (χ0n) is 15.2. The van der Waals surface area contributed by atoms with Crippen LogP contribution in [-0.2, 0) is 14.4 Å². The number of benzene rings is 1. The molecule has 0 spiro atoms. The van der Waals surface area contributed by atoms with Crippen molar-refractivity contribution in [3.8, 4) is 0 Å². The standard InChI is InChI=1S/C19H22FN3O5/c20-13-7-11-12(8-15(13)22-5-3-10(9-24)4-6-22)19(28)23(18(11)27)14-1-2-16(25)21-17(14)26/h7-10,14,18-19,27-28H,1-6H2,(H,21,25,26). The van der Waals surface area contributed by atoms with E-state index in [0.29, 0.717) is 37.2 Å². The van der Waals surface area contributed by atoms with E-state index in [9.17, 15) is 29.0 Å². The topological polar surface area (TPSA) is 110 Å². The molecule has 2 saturated heterocycles. The van der Waals surface area contributed by atoms with Crippen LogP contribution in [0.1, 0.15) is 49.3 Å². The second-order valence-electron chi connectivity index (χ2n) is 7.55. The molecule has 150 valence electrons. The third kappa shape index (κ3) is 3.09. The lowest BCUT2D eigenvalue weighted by Gasteiger charge is -2.34. The maximum Gasteiger partial charge on any atom is 0.244 e. The van der Waals surface area contributed by atoms with Crippen LogP contribution in [0.25, 0.3) is 0 Å². The molecular weight excluding hydrogens is 369 g/mol. The molecule has 3 aliphatic rings. The molecule has 0 aromatic heterocycles. The molecule has 8 nitrogen and oxygen atoms in total. The maximum absolute atomic E-state index is 14.8. The Morgan fingerprint density at radius 1 is 1.07 bits per heavy atom. The smallest absolute Gasteiger partial charge is 0.244 e. The number of rotatable bonds is 3. The van der Waals surface area contributed by atoms with Crippen LogP contribution >= 0.6 is 0 Å². The van der Waals surface area contributed by atoms with Gasteiger partial charge in [-0.25, -0.2) is 9.29 Å². The number of fused-ring (bicyclic) bond motifs is 1. The highest BCUT2D eigenvalue weighted by molar-refractivity contribution is 6.00. The Morgan fingerprint density at radius 3 is 2.32 bits per heavy atom. The lowest BCUT2D eigenvalue weighted by Crippen LogP contribution is -2.52. The van der Waals surface area contributed by atoms with Gasteiger partial charge in [0, 0.05) is 36.6 Å². The van der Waals surface area contributed by atoms with Gasteiger partial charge in [0.05, 0.1) is 11.7 Å². The molecule has 3 atom stereocenters. The summed E-state index contributed by atoms with van der Waals surface area (Å²) in [6.07, 6.45) is -0.177. The van der Waals surface area contributed by atoms with Crippen molar-refractivity contribution in [3.05, 3.63) is 29.1 Å². The summed E-state index contributed by atoms with van der Waals surface area (Å²) in [5, 5.41) is 23.6. The number of hydrogen-bond acceptors (Lipinski definition) is 7. The van der Waals surface area contributed by atoms with Crippen molar-refractivity contribution in [2.24, 2.45) is 5.92 Å². The number of carbonyl (C=O) groups excluding carboxylic acids is 3. The quantitative estimate of drug-likeness (QED) is 0.504. The minimum atomic E-state index is -1.35. The summed E-state index contributed by atoms with van der Waals surface area (Å²) in [6, 6.07) is 1.81. The summed E-state index contributed by atoms with van der Waals surface area (Å²) in [5.41, 5.74) is 0.854. The number of halogens is 1. The Labute approximate surface area is 160 Å². The van der Waals surface area contributed by atoms with Gasteiger partial charge < -0.3 is 19.9 Å². The number of nitrogens with one attached hydrogen (secondary N) is 1. The average Bonchev–Trinajstić information content (AvgIpc) is 2.91. The van der Waals surface area contributed by atoms with Crippen LogP contribution in [0.15, 0.2) is 12.1 Å². The number of piperidine rings is 2. The number of amides is 2. The highest BCUT2D eigenvalue weighted by Crippen LogP contribution is 2.44. The molecule has 0 bridgehead atoms. The molecule has 0 radical (unpaired) electrons. The largest absolute Gasteiger partial charge is 0.374 e. The second kappa shape index (κ2) is 7.23. The average molecular weight is 391 g/mol. The predicted octanol–water partition coefficient (Wildman–Crippen LogP) is 0.344. The van der Waals surface area contributed by atoms with E-state index in [1.54, 1.807) is 0 Å². The van der Waals surface area contributed by atoms with Gasteiger partial charge in [-0.1, -0.05) is 0 Å². The minimum absolute atomic E-state index is 0.0239. The van der Waals surface area contributed by atoms with Gasteiger partial charge >= 0.3 is 0 Å². The Balaban J connectivity index is 1.61. The molecule has 2 fully saturated rings. The summed E-state index contributed by atoms with van der Waals surface area (Å²) in [5.74, 6) is -1.53. The zero-order chi connectivity index (χ0) is 20.0. The monoisotopic (exact) mass is 391 g/mol. The Kier molecular flexibility index (Phi) is 4.90. The first-order valence-corrected chi connectivity index (χ1v) is 9.41. The number of imide groups is 1. The number of aldehydes is 1. The third-order valence-electron chi connectivity index (χ3n) is 5.92. The molecule has 1 aromatic rings. The Bertz CT molecular complexity index is 824. The summed E-state index contributed by atoms with van der Waals surface area (Å²) in [4.78, 5) is 37.5. The van der Waals surface area contributed by atoms with E-state index in [2.05, 4.69) is 5.32 Å². The molecule has 4 rings (SSSR count). The van der Waals surface area contributed by atoms with Crippen LogP contribution in [0.5, 0.6) is 0 Å². The lowest BCUT2D eigenvalue weighted by atomic mass is 9.97. The van der Waals surface area contributed by atoms with E-state index in [0.717, 1.165) is 6.29 Å². The first-order chi connectivity index (χ1) is 13.4. The molecule has 2 amide bonds. The molecule has 0 saturated carbocycles.